The molecule has 3 rings (SSSR count). The number of para-hydroxylation sites is 1. The van der Waals surface area contributed by atoms with Gasteiger partial charge in [0.1, 0.15) is 0 Å². The second-order valence-electron chi connectivity index (χ2n) is 6.10. The molecule has 0 fully saturated rings. The first-order chi connectivity index (χ1) is 13.4. The summed E-state index contributed by atoms with van der Waals surface area (Å²) in [7, 11) is -3.73. The van der Waals surface area contributed by atoms with E-state index in [0.717, 1.165) is 5.56 Å². The van der Waals surface area contributed by atoms with Crippen molar-refractivity contribution >= 4 is 38.9 Å². The number of aryl methyl sites for hydroxylation is 1. The highest BCUT2D eigenvalue weighted by atomic mass is 35.5. The fraction of sp³-hybridized carbons (Fsp3) is 0.0952. The maximum absolute atomic E-state index is 12.6. The van der Waals surface area contributed by atoms with Gasteiger partial charge in [0.15, 0.2) is 0 Å². The standard InChI is InChI=1S/C21H19ClN2O3S/c1-2-15-5-3-4-6-20(15)24-28(26,27)19-13-11-18(12-14-19)23-21(25)16-7-9-17(22)10-8-16/h3-14,24H,2H2,1H3,(H,23,25). The van der Waals surface area contributed by atoms with Crippen LogP contribution in [0, 0.1) is 0 Å². The molecule has 28 heavy (non-hydrogen) atoms. The molecule has 0 bridgehead atoms. The van der Waals surface area contributed by atoms with Crippen LogP contribution in [0.3, 0.4) is 0 Å². The number of benzene rings is 3. The van der Waals surface area contributed by atoms with Crippen molar-refractivity contribution in [2.24, 2.45) is 0 Å². The van der Waals surface area contributed by atoms with Gasteiger partial charge in [0.25, 0.3) is 15.9 Å². The van der Waals surface area contributed by atoms with Gasteiger partial charge in [-0.25, -0.2) is 8.42 Å². The predicted molar refractivity (Wildman–Crippen MR) is 112 cm³/mol. The van der Waals surface area contributed by atoms with Crippen LogP contribution in [0.5, 0.6) is 0 Å². The van der Waals surface area contributed by atoms with Crippen molar-refractivity contribution in [1.29, 1.82) is 0 Å². The Kier molecular flexibility index (Phi) is 6.02. The van der Waals surface area contributed by atoms with Crippen molar-refractivity contribution in [2.45, 2.75) is 18.2 Å². The number of halogens is 1. The third-order valence-corrected chi connectivity index (χ3v) is 5.80. The van der Waals surface area contributed by atoms with Gasteiger partial charge in [0, 0.05) is 16.3 Å². The lowest BCUT2D eigenvalue weighted by Crippen LogP contribution is -2.15. The maximum atomic E-state index is 12.6. The normalized spacial score (nSPS) is 11.1. The quantitative estimate of drug-likeness (QED) is 0.598. The molecule has 7 heteroatoms. The lowest BCUT2D eigenvalue weighted by atomic mass is 10.1. The molecule has 0 spiro atoms. The van der Waals surface area contributed by atoms with E-state index in [2.05, 4.69) is 10.0 Å². The Balaban J connectivity index is 1.74. The molecule has 3 aromatic rings. The summed E-state index contributed by atoms with van der Waals surface area (Å²) in [5, 5.41) is 3.27. The van der Waals surface area contributed by atoms with Crippen LogP contribution in [-0.2, 0) is 16.4 Å². The van der Waals surface area contributed by atoms with Gasteiger partial charge < -0.3 is 5.32 Å². The zero-order valence-electron chi connectivity index (χ0n) is 15.1. The minimum atomic E-state index is -3.73. The van der Waals surface area contributed by atoms with Gasteiger partial charge >= 0.3 is 0 Å². The molecule has 0 atom stereocenters. The third-order valence-electron chi connectivity index (χ3n) is 4.17. The van der Waals surface area contributed by atoms with E-state index >= 15 is 0 Å². The molecule has 1 amide bonds. The highest BCUT2D eigenvalue weighted by Crippen LogP contribution is 2.22. The van der Waals surface area contributed by atoms with Crippen molar-refractivity contribution < 1.29 is 13.2 Å². The largest absolute Gasteiger partial charge is 0.322 e. The minimum Gasteiger partial charge on any atom is -0.322 e. The molecule has 0 aliphatic heterocycles. The Morgan fingerprint density at radius 3 is 2.21 bits per heavy atom. The molecule has 0 aliphatic rings. The Morgan fingerprint density at radius 2 is 1.57 bits per heavy atom. The third kappa shape index (κ3) is 4.71. The maximum Gasteiger partial charge on any atom is 0.261 e. The van der Waals surface area contributed by atoms with Gasteiger partial charge in [-0.05, 0) is 66.6 Å². The second-order valence-corrected chi connectivity index (χ2v) is 8.22. The lowest BCUT2D eigenvalue weighted by Gasteiger charge is -2.12. The Hall–Kier alpha value is -2.83. The van der Waals surface area contributed by atoms with Gasteiger partial charge in [-0.15, -0.1) is 0 Å². The Bertz CT molecular complexity index is 1080. The summed E-state index contributed by atoms with van der Waals surface area (Å²) in [6.45, 7) is 1.96. The predicted octanol–water partition coefficient (Wildman–Crippen LogP) is 4.96. The van der Waals surface area contributed by atoms with Gasteiger partial charge in [0.2, 0.25) is 0 Å². The number of carbonyl (C=O) groups excluding carboxylic acids is 1. The zero-order chi connectivity index (χ0) is 20.1. The van der Waals surface area contributed by atoms with Crippen LogP contribution >= 0.6 is 11.6 Å². The summed E-state index contributed by atoms with van der Waals surface area (Å²) in [6, 6.07) is 19.8. The van der Waals surface area contributed by atoms with E-state index in [0.29, 0.717) is 28.4 Å². The van der Waals surface area contributed by atoms with Crippen molar-refractivity contribution in [3.63, 3.8) is 0 Å². The first-order valence-electron chi connectivity index (χ1n) is 8.67. The van der Waals surface area contributed by atoms with Crippen LogP contribution in [0.2, 0.25) is 5.02 Å². The van der Waals surface area contributed by atoms with Crippen LogP contribution in [-0.4, -0.2) is 14.3 Å². The molecule has 3 aromatic carbocycles. The summed E-state index contributed by atoms with van der Waals surface area (Å²) in [5.74, 6) is -0.303. The van der Waals surface area contributed by atoms with Gasteiger partial charge in [-0.1, -0.05) is 36.7 Å². The molecular formula is C21H19ClN2O3S. The molecule has 0 aromatic heterocycles. The Morgan fingerprint density at radius 1 is 0.929 bits per heavy atom. The number of rotatable bonds is 6. The van der Waals surface area contributed by atoms with Gasteiger partial charge in [-0.3, -0.25) is 9.52 Å². The molecule has 144 valence electrons. The zero-order valence-corrected chi connectivity index (χ0v) is 16.7. The fourth-order valence-electron chi connectivity index (χ4n) is 2.65. The highest BCUT2D eigenvalue weighted by Gasteiger charge is 2.16. The van der Waals surface area contributed by atoms with Crippen LogP contribution < -0.4 is 10.0 Å². The summed E-state index contributed by atoms with van der Waals surface area (Å²) in [6.07, 6.45) is 0.717. The number of hydrogen-bond donors (Lipinski definition) is 2. The highest BCUT2D eigenvalue weighted by molar-refractivity contribution is 7.92. The van der Waals surface area contributed by atoms with E-state index < -0.39 is 10.0 Å². The van der Waals surface area contributed by atoms with Crippen molar-refractivity contribution in [1.82, 2.24) is 0 Å². The summed E-state index contributed by atoms with van der Waals surface area (Å²) < 4.78 is 27.9. The van der Waals surface area contributed by atoms with Crippen LogP contribution in [0.4, 0.5) is 11.4 Å². The van der Waals surface area contributed by atoms with E-state index in [1.165, 1.54) is 12.1 Å². The number of amides is 1. The average Bonchev–Trinajstić information content (AvgIpc) is 2.69. The Labute approximate surface area is 169 Å². The van der Waals surface area contributed by atoms with E-state index in [1.54, 1.807) is 48.5 Å². The number of hydrogen-bond acceptors (Lipinski definition) is 3. The van der Waals surface area contributed by atoms with Crippen molar-refractivity contribution in [3.05, 3.63) is 88.9 Å². The first kappa shape index (κ1) is 19.9. The lowest BCUT2D eigenvalue weighted by molar-refractivity contribution is 0.102. The number of carbonyl (C=O) groups is 1. The fourth-order valence-corrected chi connectivity index (χ4v) is 3.88. The number of sulfonamides is 1. The molecule has 0 saturated heterocycles. The monoisotopic (exact) mass is 414 g/mol. The van der Waals surface area contributed by atoms with Crippen LogP contribution in [0.25, 0.3) is 0 Å². The van der Waals surface area contributed by atoms with Gasteiger partial charge in [-0.2, -0.15) is 0 Å². The molecule has 0 radical (unpaired) electrons. The topological polar surface area (TPSA) is 75.3 Å². The molecule has 0 heterocycles. The molecular weight excluding hydrogens is 396 g/mol. The smallest absolute Gasteiger partial charge is 0.261 e. The second kappa shape index (κ2) is 8.46. The van der Waals surface area contributed by atoms with E-state index in [1.807, 2.05) is 19.1 Å². The molecule has 0 saturated carbocycles. The first-order valence-corrected chi connectivity index (χ1v) is 10.5. The molecule has 0 aliphatic carbocycles. The molecule has 0 unspecified atom stereocenters. The van der Waals surface area contributed by atoms with Crippen LogP contribution in [0.15, 0.2) is 77.7 Å². The summed E-state index contributed by atoms with van der Waals surface area (Å²) in [5.41, 5.74) is 2.43. The van der Waals surface area contributed by atoms with Crippen LogP contribution in [0.1, 0.15) is 22.8 Å². The molecule has 5 nitrogen and oxygen atoms in total. The minimum absolute atomic E-state index is 0.114. The van der Waals surface area contributed by atoms with E-state index in [-0.39, 0.29) is 10.8 Å². The molecule has 2 N–H and O–H groups in total. The van der Waals surface area contributed by atoms with Crippen molar-refractivity contribution in [3.8, 4) is 0 Å². The van der Waals surface area contributed by atoms with Gasteiger partial charge in [0.05, 0.1) is 10.6 Å². The van der Waals surface area contributed by atoms with E-state index in [9.17, 15) is 13.2 Å². The number of nitrogens with one attached hydrogen (secondary N) is 2. The average molecular weight is 415 g/mol. The summed E-state index contributed by atoms with van der Waals surface area (Å²) in [4.78, 5) is 12.3. The SMILES string of the molecule is CCc1ccccc1NS(=O)(=O)c1ccc(NC(=O)c2ccc(Cl)cc2)cc1. The van der Waals surface area contributed by atoms with Crippen molar-refractivity contribution in [2.75, 3.05) is 10.0 Å². The number of anilines is 2. The summed E-state index contributed by atoms with van der Waals surface area (Å²) >= 11 is 5.82. The van der Waals surface area contributed by atoms with E-state index in [4.69, 9.17) is 11.6 Å².